The van der Waals surface area contributed by atoms with E-state index in [1.54, 1.807) is 35.2 Å². The Hall–Kier alpha value is -2.89. The number of nitrogens with zero attached hydrogens (tertiary/aromatic N) is 3. The first-order chi connectivity index (χ1) is 12.6. The van der Waals surface area contributed by atoms with Crippen molar-refractivity contribution in [2.75, 3.05) is 31.6 Å². The third-order valence-corrected chi connectivity index (χ3v) is 4.68. The predicted octanol–water partition coefficient (Wildman–Crippen LogP) is 2.46. The Labute approximate surface area is 153 Å². The van der Waals surface area contributed by atoms with Crippen molar-refractivity contribution in [3.8, 4) is 5.88 Å². The van der Waals surface area contributed by atoms with Gasteiger partial charge in [-0.3, -0.25) is 9.59 Å². The molecule has 2 heterocycles. The summed E-state index contributed by atoms with van der Waals surface area (Å²) in [6.45, 7) is 3.06. The average molecular weight is 353 g/mol. The minimum absolute atomic E-state index is 0.0130. The molecule has 0 radical (unpaired) electrons. The molecule has 6 nitrogen and oxygen atoms in total. The second kappa shape index (κ2) is 7.99. The highest BCUT2D eigenvalue weighted by molar-refractivity contribution is 5.98. The summed E-state index contributed by atoms with van der Waals surface area (Å²) >= 11 is 0. The van der Waals surface area contributed by atoms with Gasteiger partial charge in [-0.05, 0) is 18.1 Å². The number of aromatic nitrogens is 1. The number of ether oxygens (including phenoxy) is 1. The standard InChI is InChI=1S/C20H23N3O3/c1-3-17(15-7-5-4-6-8-15)20(25)22-11-12-23(19(24)14-22)16-9-10-21-18(13-16)26-2/h4-10,13,17H,3,11-12,14H2,1-2H3. The summed E-state index contributed by atoms with van der Waals surface area (Å²) in [4.78, 5) is 33.0. The second-order valence-corrected chi connectivity index (χ2v) is 6.23. The Kier molecular flexibility index (Phi) is 5.51. The van der Waals surface area contributed by atoms with Crippen LogP contribution in [0.3, 0.4) is 0 Å². The first-order valence-corrected chi connectivity index (χ1v) is 8.78. The van der Waals surface area contributed by atoms with E-state index in [-0.39, 0.29) is 24.3 Å². The van der Waals surface area contributed by atoms with Gasteiger partial charge in [0.2, 0.25) is 17.7 Å². The summed E-state index contributed by atoms with van der Waals surface area (Å²) in [5.41, 5.74) is 1.73. The summed E-state index contributed by atoms with van der Waals surface area (Å²) in [6, 6.07) is 13.2. The number of amides is 2. The maximum absolute atomic E-state index is 12.9. The maximum Gasteiger partial charge on any atom is 0.246 e. The van der Waals surface area contributed by atoms with Crippen molar-refractivity contribution in [1.82, 2.24) is 9.88 Å². The Bertz CT molecular complexity index is 779. The van der Waals surface area contributed by atoms with Crippen molar-refractivity contribution >= 4 is 17.5 Å². The number of benzene rings is 1. The van der Waals surface area contributed by atoms with Crippen LogP contribution < -0.4 is 9.64 Å². The second-order valence-electron chi connectivity index (χ2n) is 6.23. The van der Waals surface area contributed by atoms with Crippen molar-refractivity contribution < 1.29 is 14.3 Å². The van der Waals surface area contributed by atoms with Crippen LogP contribution in [0.15, 0.2) is 48.7 Å². The molecule has 1 aromatic heterocycles. The van der Waals surface area contributed by atoms with Crippen molar-refractivity contribution in [1.29, 1.82) is 0 Å². The fraction of sp³-hybridized carbons (Fsp3) is 0.350. The first-order valence-electron chi connectivity index (χ1n) is 8.78. The third-order valence-electron chi connectivity index (χ3n) is 4.68. The van der Waals surface area contributed by atoms with Gasteiger partial charge in [-0.25, -0.2) is 4.98 Å². The zero-order chi connectivity index (χ0) is 18.5. The van der Waals surface area contributed by atoms with Crippen molar-refractivity contribution in [3.63, 3.8) is 0 Å². The van der Waals surface area contributed by atoms with E-state index in [1.807, 2.05) is 37.3 Å². The third kappa shape index (κ3) is 3.69. The van der Waals surface area contributed by atoms with E-state index in [1.165, 1.54) is 0 Å². The zero-order valence-electron chi connectivity index (χ0n) is 15.1. The summed E-state index contributed by atoms with van der Waals surface area (Å²) in [7, 11) is 1.54. The molecule has 136 valence electrons. The molecule has 3 rings (SSSR count). The molecule has 1 atom stereocenters. The number of carbonyl (C=O) groups is 2. The zero-order valence-corrected chi connectivity index (χ0v) is 15.1. The molecule has 0 bridgehead atoms. The Morgan fingerprint density at radius 2 is 2.00 bits per heavy atom. The van der Waals surface area contributed by atoms with Gasteiger partial charge in [0.15, 0.2) is 0 Å². The molecule has 2 amide bonds. The molecule has 1 aliphatic heterocycles. The number of anilines is 1. The lowest BCUT2D eigenvalue weighted by atomic mass is 9.94. The van der Waals surface area contributed by atoms with E-state index in [0.717, 1.165) is 11.3 Å². The molecular weight excluding hydrogens is 330 g/mol. The van der Waals surface area contributed by atoms with Crippen LogP contribution in [0.4, 0.5) is 5.69 Å². The quantitative estimate of drug-likeness (QED) is 0.828. The number of pyridine rings is 1. The number of rotatable bonds is 5. The van der Waals surface area contributed by atoms with Gasteiger partial charge in [-0.1, -0.05) is 37.3 Å². The molecule has 1 unspecified atom stereocenters. The minimum atomic E-state index is -0.212. The van der Waals surface area contributed by atoms with E-state index < -0.39 is 0 Å². The normalized spacial score (nSPS) is 15.7. The molecule has 6 heteroatoms. The number of methoxy groups -OCH3 is 1. The highest BCUT2D eigenvalue weighted by Crippen LogP contribution is 2.25. The lowest BCUT2D eigenvalue weighted by molar-refractivity contribution is -0.138. The average Bonchev–Trinajstić information content (AvgIpc) is 2.69. The number of piperazine rings is 1. The van der Waals surface area contributed by atoms with E-state index >= 15 is 0 Å². The predicted molar refractivity (Wildman–Crippen MR) is 99.2 cm³/mol. The molecule has 1 aromatic carbocycles. The first kappa shape index (κ1) is 17.9. The molecule has 2 aromatic rings. The van der Waals surface area contributed by atoms with Crippen LogP contribution in [0.25, 0.3) is 0 Å². The molecule has 1 aliphatic rings. The van der Waals surface area contributed by atoms with Gasteiger partial charge in [0, 0.05) is 25.4 Å². The van der Waals surface area contributed by atoms with Crippen LogP contribution in [0.5, 0.6) is 5.88 Å². The number of hydrogen-bond donors (Lipinski definition) is 0. The number of hydrogen-bond acceptors (Lipinski definition) is 4. The maximum atomic E-state index is 12.9. The molecule has 26 heavy (non-hydrogen) atoms. The van der Waals surface area contributed by atoms with Gasteiger partial charge < -0.3 is 14.5 Å². The summed E-state index contributed by atoms with van der Waals surface area (Å²) in [6.07, 6.45) is 2.32. The van der Waals surface area contributed by atoms with Gasteiger partial charge in [0.05, 0.1) is 18.7 Å². The van der Waals surface area contributed by atoms with E-state index in [9.17, 15) is 9.59 Å². The lowest BCUT2D eigenvalue weighted by Gasteiger charge is -2.36. The van der Waals surface area contributed by atoms with Crippen LogP contribution in [0.2, 0.25) is 0 Å². The fourth-order valence-corrected chi connectivity index (χ4v) is 3.27. The molecule has 0 N–H and O–H groups in total. The highest BCUT2D eigenvalue weighted by Gasteiger charge is 2.31. The van der Waals surface area contributed by atoms with Gasteiger partial charge in [-0.2, -0.15) is 0 Å². The van der Waals surface area contributed by atoms with Crippen molar-refractivity contribution in [2.45, 2.75) is 19.3 Å². The molecule has 1 saturated heterocycles. The van der Waals surface area contributed by atoms with E-state index in [2.05, 4.69) is 4.98 Å². The topological polar surface area (TPSA) is 62.7 Å². The Morgan fingerprint density at radius 3 is 2.65 bits per heavy atom. The monoisotopic (exact) mass is 353 g/mol. The van der Waals surface area contributed by atoms with E-state index in [0.29, 0.717) is 25.4 Å². The smallest absolute Gasteiger partial charge is 0.246 e. The summed E-state index contributed by atoms with van der Waals surface area (Å²) < 4.78 is 5.12. The van der Waals surface area contributed by atoms with Crippen LogP contribution in [0.1, 0.15) is 24.8 Å². The lowest BCUT2D eigenvalue weighted by Crippen LogP contribution is -2.53. The molecule has 0 aliphatic carbocycles. The summed E-state index contributed by atoms with van der Waals surface area (Å²) in [5, 5.41) is 0. The molecule has 0 spiro atoms. The van der Waals surface area contributed by atoms with E-state index in [4.69, 9.17) is 4.74 Å². The largest absolute Gasteiger partial charge is 0.481 e. The molecular formula is C20H23N3O3. The number of carbonyl (C=O) groups excluding carboxylic acids is 2. The Balaban J connectivity index is 1.71. The minimum Gasteiger partial charge on any atom is -0.481 e. The van der Waals surface area contributed by atoms with Gasteiger partial charge in [-0.15, -0.1) is 0 Å². The van der Waals surface area contributed by atoms with Crippen LogP contribution in [-0.4, -0.2) is 48.4 Å². The van der Waals surface area contributed by atoms with Crippen molar-refractivity contribution in [3.05, 3.63) is 54.2 Å². The molecule has 0 saturated carbocycles. The molecule has 1 fully saturated rings. The van der Waals surface area contributed by atoms with Crippen LogP contribution in [-0.2, 0) is 9.59 Å². The van der Waals surface area contributed by atoms with Crippen molar-refractivity contribution in [2.24, 2.45) is 0 Å². The highest BCUT2D eigenvalue weighted by atomic mass is 16.5. The Morgan fingerprint density at radius 1 is 1.23 bits per heavy atom. The van der Waals surface area contributed by atoms with Gasteiger partial charge >= 0.3 is 0 Å². The van der Waals surface area contributed by atoms with Gasteiger partial charge in [0.1, 0.15) is 6.54 Å². The summed E-state index contributed by atoms with van der Waals surface area (Å²) in [5.74, 6) is 0.167. The fourth-order valence-electron chi connectivity index (χ4n) is 3.27. The van der Waals surface area contributed by atoms with Gasteiger partial charge in [0.25, 0.3) is 0 Å². The van der Waals surface area contributed by atoms with Crippen LogP contribution >= 0.6 is 0 Å². The SMILES string of the molecule is CCC(C(=O)N1CCN(c2ccnc(OC)c2)C(=O)C1)c1ccccc1. The van der Waals surface area contributed by atoms with Crippen LogP contribution in [0, 0.1) is 0 Å².